The van der Waals surface area contributed by atoms with E-state index in [0.717, 1.165) is 16.5 Å². The third kappa shape index (κ3) is 1.81. The topological polar surface area (TPSA) is 52.6 Å². The molecule has 3 aromatic carbocycles. The number of carbonyl (C=O) groups excluding carboxylic acids is 1. The van der Waals surface area contributed by atoms with Gasteiger partial charge < -0.3 is 15.3 Å². The van der Waals surface area contributed by atoms with Gasteiger partial charge in [-0.25, -0.2) is 0 Å². The van der Waals surface area contributed by atoms with Gasteiger partial charge >= 0.3 is 0 Å². The van der Waals surface area contributed by atoms with Gasteiger partial charge in [0.25, 0.3) is 5.91 Å². The van der Waals surface area contributed by atoms with Crippen molar-refractivity contribution in [3.05, 3.63) is 66.2 Å². The first-order valence-electron chi connectivity index (χ1n) is 7.11. The maximum atomic E-state index is 12.0. The van der Waals surface area contributed by atoms with Crippen molar-refractivity contribution in [2.45, 2.75) is 0 Å². The number of hydrogen-bond acceptors (Lipinski definition) is 3. The summed E-state index contributed by atoms with van der Waals surface area (Å²) in [5, 5.41) is 15.3. The minimum Gasteiger partial charge on any atom is -0.506 e. The van der Waals surface area contributed by atoms with Gasteiger partial charge in [0.15, 0.2) is 0 Å². The van der Waals surface area contributed by atoms with E-state index in [9.17, 15) is 9.90 Å². The first kappa shape index (κ1) is 12.7. The standard InChI is InChI=1S/C18H14N2O2/c21-16-10-9-12-5-1-2-6-13(12)17(16)20-11-19-18(22)14-7-3-4-8-15(14)20/h1-10,21H,11H2,(H,19,22). The Labute approximate surface area is 127 Å². The molecule has 1 heterocycles. The predicted molar refractivity (Wildman–Crippen MR) is 86.5 cm³/mol. The molecule has 0 atom stereocenters. The Morgan fingerprint density at radius 2 is 1.73 bits per heavy atom. The van der Waals surface area contributed by atoms with E-state index in [4.69, 9.17) is 0 Å². The summed E-state index contributed by atoms with van der Waals surface area (Å²) < 4.78 is 0. The van der Waals surface area contributed by atoms with E-state index < -0.39 is 0 Å². The molecule has 0 saturated carbocycles. The van der Waals surface area contributed by atoms with Crippen LogP contribution in [-0.2, 0) is 0 Å². The van der Waals surface area contributed by atoms with Crippen LogP contribution in [0.2, 0.25) is 0 Å². The van der Waals surface area contributed by atoms with E-state index in [1.807, 2.05) is 53.4 Å². The van der Waals surface area contributed by atoms with Crippen LogP contribution in [-0.4, -0.2) is 17.7 Å². The van der Waals surface area contributed by atoms with Gasteiger partial charge in [0.05, 0.1) is 23.6 Å². The van der Waals surface area contributed by atoms with Crippen LogP contribution >= 0.6 is 0 Å². The molecule has 0 saturated heterocycles. The molecule has 4 nitrogen and oxygen atoms in total. The van der Waals surface area contributed by atoms with Crippen LogP contribution in [0, 0.1) is 0 Å². The zero-order chi connectivity index (χ0) is 15.1. The molecule has 4 rings (SSSR count). The van der Waals surface area contributed by atoms with Gasteiger partial charge in [-0.2, -0.15) is 0 Å². The summed E-state index contributed by atoms with van der Waals surface area (Å²) in [6.45, 7) is 0.331. The minimum absolute atomic E-state index is 0.0911. The second-order valence-corrected chi connectivity index (χ2v) is 5.26. The van der Waals surface area contributed by atoms with Crippen molar-refractivity contribution in [3.63, 3.8) is 0 Å². The minimum atomic E-state index is -0.0911. The Morgan fingerprint density at radius 3 is 2.64 bits per heavy atom. The number of phenolic OH excluding ortho intramolecular Hbond substituents is 1. The van der Waals surface area contributed by atoms with Gasteiger partial charge in [-0.15, -0.1) is 0 Å². The Morgan fingerprint density at radius 1 is 0.955 bits per heavy atom. The summed E-state index contributed by atoms with van der Waals surface area (Å²) in [4.78, 5) is 13.9. The molecule has 1 amide bonds. The molecule has 0 spiro atoms. The van der Waals surface area contributed by atoms with E-state index >= 15 is 0 Å². The number of nitrogens with one attached hydrogen (secondary N) is 1. The fourth-order valence-corrected chi connectivity index (χ4v) is 2.96. The first-order valence-corrected chi connectivity index (χ1v) is 7.11. The molecular weight excluding hydrogens is 276 g/mol. The summed E-state index contributed by atoms with van der Waals surface area (Å²) in [6, 6.07) is 18.9. The average molecular weight is 290 g/mol. The zero-order valence-electron chi connectivity index (χ0n) is 11.8. The summed E-state index contributed by atoms with van der Waals surface area (Å²) >= 11 is 0. The van der Waals surface area contributed by atoms with E-state index in [1.165, 1.54) is 0 Å². The van der Waals surface area contributed by atoms with Gasteiger partial charge in [-0.3, -0.25) is 4.79 Å². The molecule has 0 bridgehead atoms. The lowest BCUT2D eigenvalue weighted by atomic mass is 10.0. The molecule has 2 N–H and O–H groups in total. The number of anilines is 2. The lowest BCUT2D eigenvalue weighted by molar-refractivity contribution is 0.0949. The number of hydrogen-bond donors (Lipinski definition) is 2. The summed E-state index contributed by atoms with van der Waals surface area (Å²) in [6.07, 6.45) is 0. The first-order chi connectivity index (χ1) is 10.8. The number of aromatic hydroxyl groups is 1. The van der Waals surface area contributed by atoms with Gasteiger partial charge in [0, 0.05) is 5.39 Å². The molecule has 1 aliphatic rings. The Hall–Kier alpha value is -3.01. The number of carbonyl (C=O) groups is 1. The number of nitrogens with zero attached hydrogens (tertiary/aromatic N) is 1. The van der Waals surface area contributed by atoms with Crippen molar-refractivity contribution in [3.8, 4) is 5.75 Å². The number of benzene rings is 3. The fourth-order valence-electron chi connectivity index (χ4n) is 2.96. The van der Waals surface area contributed by atoms with Crippen molar-refractivity contribution in [2.75, 3.05) is 11.6 Å². The van der Waals surface area contributed by atoms with Crippen LogP contribution in [0.4, 0.5) is 11.4 Å². The van der Waals surface area contributed by atoms with Crippen molar-refractivity contribution in [2.24, 2.45) is 0 Å². The van der Waals surface area contributed by atoms with Crippen LogP contribution in [0.25, 0.3) is 10.8 Å². The highest BCUT2D eigenvalue weighted by Gasteiger charge is 2.25. The summed E-state index contributed by atoms with van der Waals surface area (Å²) in [5.41, 5.74) is 2.13. The highest BCUT2D eigenvalue weighted by atomic mass is 16.3. The largest absolute Gasteiger partial charge is 0.506 e. The predicted octanol–water partition coefficient (Wildman–Crippen LogP) is 3.38. The van der Waals surface area contributed by atoms with Crippen LogP contribution in [0.15, 0.2) is 60.7 Å². The molecule has 4 heteroatoms. The third-order valence-electron chi connectivity index (χ3n) is 3.99. The molecular formula is C18H14N2O2. The Balaban J connectivity index is 1.99. The zero-order valence-corrected chi connectivity index (χ0v) is 11.8. The molecule has 0 radical (unpaired) electrons. The van der Waals surface area contributed by atoms with Crippen molar-refractivity contribution >= 4 is 28.1 Å². The maximum Gasteiger partial charge on any atom is 0.254 e. The van der Waals surface area contributed by atoms with E-state index in [-0.39, 0.29) is 11.7 Å². The molecule has 0 aliphatic carbocycles. The number of phenols is 1. The van der Waals surface area contributed by atoms with Crippen LogP contribution in [0.1, 0.15) is 10.4 Å². The molecule has 108 valence electrons. The summed E-state index contributed by atoms with van der Waals surface area (Å²) in [5.74, 6) is 0.108. The van der Waals surface area contributed by atoms with E-state index in [0.29, 0.717) is 17.9 Å². The Bertz CT molecular complexity index is 889. The second-order valence-electron chi connectivity index (χ2n) is 5.26. The fraction of sp³-hybridized carbons (Fsp3) is 0.0556. The van der Waals surface area contributed by atoms with Crippen molar-refractivity contribution < 1.29 is 9.90 Å². The highest BCUT2D eigenvalue weighted by molar-refractivity contribution is 6.06. The van der Waals surface area contributed by atoms with E-state index in [1.54, 1.807) is 12.1 Å². The van der Waals surface area contributed by atoms with Crippen molar-refractivity contribution in [1.82, 2.24) is 5.32 Å². The maximum absolute atomic E-state index is 12.0. The van der Waals surface area contributed by atoms with Gasteiger partial charge in [0.2, 0.25) is 0 Å². The molecule has 0 fully saturated rings. The quantitative estimate of drug-likeness (QED) is 0.722. The van der Waals surface area contributed by atoms with Gasteiger partial charge in [-0.1, -0.05) is 42.5 Å². The SMILES string of the molecule is O=C1NCN(c2c(O)ccc3ccccc23)c2ccccc21. The van der Waals surface area contributed by atoms with Gasteiger partial charge in [-0.05, 0) is 23.6 Å². The number of para-hydroxylation sites is 1. The summed E-state index contributed by atoms with van der Waals surface area (Å²) in [7, 11) is 0. The second kappa shape index (κ2) is 4.77. The lowest BCUT2D eigenvalue weighted by Crippen LogP contribution is -2.40. The normalized spacial score (nSPS) is 13.8. The van der Waals surface area contributed by atoms with E-state index in [2.05, 4.69) is 5.32 Å². The number of fused-ring (bicyclic) bond motifs is 2. The van der Waals surface area contributed by atoms with Crippen LogP contribution < -0.4 is 10.2 Å². The van der Waals surface area contributed by atoms with Gasteiger partial charge in [0.1, 0.15) is 5.75 Å². The molecule has 0 aromatic heterocycles. The molecule has 1 aliphatic heterocycles. The van der Waals surface area contributed by atoms with Crippen LogP contribution in [0.5, 0.6) is 5.75 Å². The molecule has 22 heavy (non-hydrogen) atoms. The smallest absolute Gasteiger partial charge is 0.254 e. The third-order valence-corrected chi connectivity index (χ3v) is 3.99. The molecule has 0 unspecified atom stereocenters. The number of rotatable bonds is 1. The average Bonchev–Trinajstić information content (AvgIpc) is 2.56. The molecule has 3 aromatic rings. The van der Waals surface area contributed by atoms with Crippen LogP contribution in [0.3, 0.4) is 0 Å². The van der Waals surface area contributed by atoms with Crippen molar-refractivity contribution in [1.29, 1.82) is 0 Å². The Kier molecular flexibility index (Phi) is 2.76. The monoisotopic (exact) mass is 290 g/mol. The highest BCUT2D eigenvalue weighted by Crippen LogP contribution is 2.41. The number of amides is 1. The lowest BCUT2D eigenvalue weighted by Gasteiger charge is -2.32.